The Hall–Kier alpha value is -1.40. The van der Waals surface area contributed by atoms with Crippen molar-refractivity contribution in [3.05, 3.63) is 12.2 Å². The van der Waals surface area contributed by atoms with E-state index in [2.05, 4.69) is 32.9 Å². The highest BCUT2D eigenvalue weighted by Crippen LogP contribution is 2.30. The minimum absolute atomic E-state index is 0.0735. The predicted octanol–water partition coefficient (Wildman–Crippen LogP) is 9.41. The first-order valence-electron chi connectivity index (χ1n) is 17.7. The summed E-state index contributed by atoms with van der Waals surface area (Å²) in [5.41, 5.74) is 0. The molecule has 6 heteroatoms. The Bertz CT molecular complexity index is 676. The molecule has 1 aliphatic heterocycles. The average Bonchev–Trinajstić information content (AvgIpc) is 3.72. The lowest BCUT2D eigenvalue weighted by Crippen LogP contribution is -2.28. The molecule has 0 aromatic carbocycles. The molecule has 0 radical (unpaired) electrons. The summed E-state index contributed by atoms with van der Waals surface area (Å²) >= 11 is 0. The van der Waals surface area contributed by atoms with E-state index in [0.717, 1.165) is 57.3 Å². The number of carbonyl (C=O) groups excluding carboxylic acids is 2. The van der Waals surface area contributed by atoms with E-state index in [-0.39, 0.29) is 25.2 Å². The minimum Gasteiger partial charge on any atom is -0.462 e. The maximum absolute atomic E-state index is 12.1. The minimum atomic E-state index is -0.774. The number of carbonyl (C=O) groups is 2. The molecule has 246 valence electrons. The molecule has 2 unspecified atom stereocenters. The van der Waals surface area contributed by atoms with Crippen LogP contribution in [-0.2, 0) is 23.8 Å². The zero-order valence-electron chi connectivity index (χ0n) is 27.6. The third-order valence-electron chi connectivity index (χ3n) is 8.16. The normalized spacial score (nSPS) is 17.2. The first-order valence-corrected chi connectivity index (χ1v) is 17.7. The summed E-state index contributed by atoms with van der Waals surface area (Å²) in [6, 6.07) is 0. The fourth-order valence-corrected chi connectivity index (χ4v) is 5.33. The fourth-order valence-electron chi connectivity index (χ4n) is 5.33. The second kappa shape index (κ2) is 27.2. The fraction of sp³-hybridized carbons (Fsp3) is 0.889. The molecule has 1 fully saturated rings. The molecule has 1 aliphatic rings. The highest BCUT2D eigenvalue weighted by molar-refractivity contribution is 5.70. The molecule has 1 saturated heterocycles. The molecule has 3 atom stereocenters. The van der Waals surface area contributed by atoms with Gasteiger partial charge in [0.15, 0.2) is 6.10 Å². The van der Waals surface area contributed by atoms with Crippen molar-refractivity contribution < 1.29 is 28.9 Å². The van der Waals surface area contributed by atoms with Crippen molar-refractivity contribution in [2.24, 2.45) is 5.92 Å². The molecule has 0 spiro atoms. The number of aliphatic hydroxyl groups excluding tert-OH is 1. The van der Waals surface area contributed by atoms with Gasteiger partial charge in [-0.2, -0.15) is 0 Å². The lowest BCUT2D eigenvalue weighted by Gasteiger charge is -2.15. The third kappa shape index (κ3) is 24.1. The molecule has 42 heavy (non-hydrogen) atoms. The van der Waals surface area contributed by atoms with Crippen molar-refractivity contribution in [2.45, 2.75) is 187 Å². The van der Waals surface area contributed by atoms with Gasteiger partial charge < -0.3 is 19.3 Å². The van der Waals surface area contributed by atoms with Gasteiger partial charge in [0.05, 0.1) is 18.8 Å². The summed E-state index contributed by atoms with van der Waals surface area (Å²) in [6.45, 7) is 6.40. The quantitative estimate of drug-likeness (QED) is 0.0386. The largest absolute Gasteiger partial charge is 0.462 e. The van der Waals surface area contributed by atoms with Crippen molar-refractivity contribution in [3.63, 3.8) is 0 Å². The van der Waals surface area contributed by atoms with Crippen molar-refractivity contribution >= 4 is 11.9 Å². The summed E-state index contributed by atoms with van der Waals surface area (Å²) in [5, 5.41) is 9.51. The second-order valence-corrected chi connectivity index (χ2v) is 12.8. The van der Waals surface area contributed by atoms with Gasteiger partial charge in [0.2, 0.25) is 0 Å². The van der Waals surface area contributed by atoms with Gasteiger partial charge in [-0.25, -0.2) is 0 Å². The van der Waals surface area contributed by atoms with Crippen molar-refractivity contribution in [3.8, 4) is 0 Å². The van der Waals surface area contributed by atoms with Gasteiger partial charge in [0, 0.05) is 12.8 Å². The number of allylic oxidation sites excluding steroid dienone is 1. The monoisotopic (exact) mass is 594 g/mol. The first kappa shape index (κ1) is 38.6. The van der Waals surface area contributed by atoms with Crippen LogP contribution in [0.15, 0.2) is 12.2 Å². The average molecular weight is 595 g/mol. The number of aliphatic hydroxyl groups is 1. The predicted molar refractivity (Wildman–Crippen MR) is 172 cm³/mol. The molecule has 0 bridgehead atoms. The highest BCUT2D eigenvalue weighted by atomic mass is 16.6. The van der Waals surface area contributed by atoms with Crippen molar-refractivity contribution in [1.82, 2.24) is 0 Å². The Morgan fingerprint density at radius 1 is 0.738 bits per heavy atom. The van der Waals surface area contributed by atoms with Crippen molar-refractivity contribution in [2.75, 3.05) is 13.2 Å². The maximum Gasteiger partial charge on any atom is 0.306 e. The Morgan fingerprint density at radius 3 is 1.95 bits per heavy atom. The SMILES string of the molecule is CCCCCC1OC1C/C=C\CCCCCCCC(=O)OC[C@H](CO)OC(=O)CCCCCCCCCCCC(C)C. The van der Waals surface area contributed by atoms with Gasteiger partial charge in [-0.15, -0.1) is 0 Å². The van der Waals surface area contributed by atoms with Crippen molar-refractivity contribution in [1.29, 1.82) is 0 Å². The molecule has 0 saturated carbocycles. The van der Waals surface area contributed by atoms with E-state index in [1.165, 1.54) is 83.5 Å². The molecular weight excluding hydrogens is 528 g/mol. The molecule has 6 nitrogen and oxygen atoms in total. The van der Waals surface area contributed by atoms with E-state index in [9.17, 15) is 14.7 Å². The number of hydrogen-bond donors (Lipinski definition) is 1. The summed E-state index contributed by atoms with van der Waals surface area (Å²) in [6.07, 6.45) is 30.1. The summed E-state index contributed by atoms with van der Waals surface area (Å²) in [4.78, 5) is 24.1. The smallest absolute Gasteiger partial charge is 0.306 e. The Kier molecular flexibility index (Phi) is 25.0. The van der Waals surface area contributed by atoms with Crippen LogP contribution < -0.4 is 0 Å². The number of ether oxygens (including phenoxy) is 3. The number of esters is 2. The van der Waals surface area contributed by atoms with Crippen LogP contribution in [0.4, 0.5) is 0 Å². The van der Waals surface area contributed by atoms with E-state index in [0.29, 0.717) is 25.0 Å². The van der Waals surface area contributed by atoms with Crippen LogP contribution >= 0.6 is 0 Å². The van der Waals surface area contributed by atoms with E-state index in [1.807, 2.05) is 0 Å². The van der Waals surface area contributed by atoms with Crippen LogP contribution in [-0.4, -0.2) is 48.6 Å². The molecular formula is C36H66O6. The standard InChI is InChI=1S/C36H66O6/c1-4-5-19-25-33-34(42-33)26-21-16-12-9-10-13-17-22-27-35(38)40-30-32(29-37)41-36(39)28-23-18-14-8-6-7-11-15-20-24-31(2)3/h16,21,31-34,37H,4-15,17-20,22-30H2,1-3H3/b21-16-/t32-,33?,34?/m0/s1. The molecule has 0 amide bonds. The van der Waals surface area contributed by atoms with E-state index in [1.54, 1.807) is 0 Å². The van der Waals surface area contributed by atoms with E-state index < -0.39 is 6.10 Å². The van der Waals surface area contributed by atoms with E-state index >= 15 is 0 Å². The third-order valence-corrected chi connectivity index (χ3v) is 8.16. The Labute approximate surface area is 258 Å². The van der Waals surface area contributed by atoms with Crippen LogP contribution in [0.5, 0.6) is 0 Å². The first-order chi connectivity index (χ1) is 20.5. The lowest BCUT2D eigenvalue weighted by molar-refractivity contribution is -0.161. The molecule has 0 aromatic heterocycles. The lowest BCUT2D eigenvalue weighted by atomic mass is 10.0. The van der Waals surface area contributed by atoms with Gasteiger partial charge in [0.1, 0.15) is 6.61 Å². The summed E-state index contributed by atoms with van der Waals surface area (Å²) < 4.78 is 16.3. The molecule has 1 N–H and O–H groups in total. The molecule has 1 rings (SSSR count). The van der Waals surface area contributed by atoms with Gasteiger partial charge in [-0.1, -0.05) is 129 Å². The summed E-state index contributed by atoms with van der Waals surface area (Å²) in [7, 11) is 0. The zero-order chi connectivity index (χ0) is 30.7. The van der Waals surface area contributed by atoms with E-state index in [4.69, 9.17) is 14.2 Å². The topological polar surface area (TPSA) is 85.4 Å². The number of epoxide rings is 1. The van der Waals surface area contributed by atoms with Gasteiger partial charge in [-0.3, -0.25) is 9.59 Å². The Balaban J connectivity index is 1.89. The van der Waals surface area contributed by atoms with Gasteiger partial charge >= 0.3 is 11.9 Å². The van der Waals surface area contributed by atoms with Crippen LogP contribution in [0.1, 0.15) is 168 Å². The highest BCUT2D eigenvalue weighted by Gasteiger charge is 2.36. The van der Waals surface area contributed by atoms with Crippen LogP contribution in [0.2, 0.25) is 0 Å². The van der Waals surface area contributed by atoms with Gasteiger partial charge in [0.25, 0.3) is 0 Å². The number of unbranched alkanes of at least 4 members (excludes halogenated alkanes) is 15. The van der Waals surface area contributed by atoms with Crippen LogP contribution in [0, 0.1) is 5.92 Å². The Morgan fingerprint density at radius 2 is 1.33 bits per heavy atom. The second-order valence-electron chi connectivity index (χ2n) is 12.8. The molecule has 1 heterocycles. The van der Waals surface area contributed by atoms with Crippen LogP contribution in [0.3, 0.4) is 0 Å². The summed E-state index contributed by atoms with van der Waals surface area (Å²) in [5.74, 6) is 0.203. The number of hydrogen-bond acceptors (Lipinski definition) is 6. The van der Waals surface area contributed by atoms with Gasteiger partial charge in [-0.05, 0) is 44.4 Å². The zero-order valence-corrected chi connectivity index (χ0v) is 27.6. The van der Waals surface area contributed by atoms with Crippen LogP contribution in [0.25, 0.3) is 0 Å². The number of rotatable bonds is 30. The molecule has 0 aromatic rings. The maximum atomic E-state index is 12.1. The molecule has 0 aliphatic carbocycles.